The Labute approximate surface area is 117 Å². The van der Waals surface area contributed by atoms with Crippen molar-refractivity contribution in [1.29, 1.82) is 0 Å². The zero-order valence-electron chi connectivity index (χ0n) is 10.1. The van der Waals surface area contributed by atoms with Crippen LogP contribution in [-0.4, -0.2) is 20.7 Å². The first-order valence-corrected chi connectivity index (χ1v) is 6.45. The number of halogens is 1. The molecule has 6 heteroatoms. The molecule has 0 aliphatic heterocycles. The van der Waals surface area contributed by atoms with E-state index in [0.717, 1.165) is 26.6 Å². The van der Waals surface area contributed by atoms with Crippen LogP contribution in [0, 0.1) is 0 Å². The van der Waals surface area contributed by atoms with Gasteiger partial charge in [0.2, 0.25) is 0 Å². The SMILES string of the molecule is Cn1cc(-c2cc3c(Br)ccc(C(N)=O)c3[nH]2)cn1. The Kier molecular flexibility index (Phi) is 2.67. The van der Waals surface area contributed by atoms with Crippen LogP contribution >= 0.6 is 15.9 Å². The smallest absolute Gasteiger partial charge is 0.250 e. The second kappa shape index (κ2) is 4.24. The van der Waals surface area contributed by atoms with Gasteiger partial charge in [-0.1, -0.05) is 15.9 Å². The molecule has 0 atom stereocenters. The lowest BCUT2D eigenvalue weighted by Crippen LogP contribution is -2.11. The van der Waals surface area contributed by atoms with E-state index in [-0.39, 0.29) is 0 Å². The maximum absolute atomic E-state index is 11.4. The normalized spacial score (nSPS) is 11.1. The van der Waals surface area contributed by atoms with Gasteiger partial charge in [-0.05, 0) is 18.2 Å². The highest BCUT2D eigenvalue weighted by molar-refractivity contribution is 9.10. The number of rotatable bonds is 2. The molecule has 1 aromatic carbocycles. The zero-order valence-corrected chi connectivity index (χ0v) is 11.7. The van der Waals surface area contributed by atoms with Gasteiger partial charge in [-0.25, -0.2) is 0 Å². The molecule has 19 heavy (non-hydrogen) atoms. The number of aryl methyl sites for hydroxylation is 1. The molecule has 3 rings (SSSR count). The number of H-pyrrole nitrogens is 1. The number of carbonyl (C=O) groups excluding carboxylic acids is 1. The molecular formula is C13H11BrN4O. The molecule has 3 N–H and O–H groups in total. The number of amides is 1. The lowest BCUT2D eigenvalue weighted by atomic mass is 10.1. The Hall–Kier alpha value is -2.08. The molecule has 0 saturated heterocycles. The fraction of sp³-hybridized carbons (Fsp3) is 0.0769. The zero-order chi connectivity index (χ0) is 13.6. The molecule has 5 nitrogen and oxygen atoms in total. The minimum Gasteiger partial charge on any atom is -0.366 e. The molecule has 2 aromatic heterocycles. The predicted octanol–water partition coefficient (Wildman–Crippen LogP) is 2.43. The Morgan fingerprint density at radius 1 is 1.47 bits per heavy atom. The van der Waals surface area contributed by atoms with Crippen molar-refractivity contribution in [3.05, 3.63) is 40.6 Å². The molecule has 0 radical (unpaired) electrons. The van der Waals surface area contributed by atoms with Gasteiger partial charge >= 0.3 is 0 Å². The minimum absolute atomic E-state index is 0.447. The van der Waals surface area contributed by atoms with Crippen molar-refractivity contribution in [1.82, 2.24) is 14.8 Å². The number of aromatic amines is 1. The minimum atomic E-state index is -0.447. The van der Waals surface area contributed by atoms with Crippen LogP contribution in [0.25, 0.3) is 22.2 Å². The van der Waals surface area contributed by atoms with Gasteiger partial charge in [0.1, 0.15) is 0 Å². The third-order valence-corrected chi connectivity index (χ3v) is 3.71. The molecule has 96 valence electrons. The molecule has 3 aromatic rings. The van der Waals surface area contributed by atoms with Gasteiger partial charge in [0, 0.05) is 34.4 Å². The first-order chi connectivity index (χ1) is 9.06. The van der Waals surface area contributed by atoms with E-state index in [1.165, 1.54) is 0 Å². The van der Waals surface area contributed by atoms with Crippen LogP contribution in [0.1, 0.15) is 10.4 Å². The summed E-state index contributed by atoms with van der Waals surface area (Å²) < 4.78 is 2.64. The number of nitrogens with zero attached hydrogens (tertiary/aromatic N) is 2. The average Bonchev–Trinajstić information content (AvgIpc) is 2.95. The van der Waals surface area contributed by atoms with E-state index in [2.05, 4.69) is 26.0 Å². The number of benzene rings is 1. The largest absolute Gasteiger partial charge is 0.366 e. The summed E-state index contributed by atoms with van der Waals surface area (Å²) in [6.07, 6.45) is 3.67. The monoisotopic (exact) mass is 318 g/mol. The summed E-state index contributed by atoms with van der Waals surface area (Å²) in [5.41, 5.74) is 8.47. The topological polar surface area (TPSA) is 76.7 Å². The summed E-state index contributed by atoms with van der Waals surface area (Å²) in [5.74, 6) is -0.447. The van der Waals surface area contributed by atoms with Crippen LogP contribution in [0.5, 0.6) is 0 Å². The fourth-order valence-electron chi connectivity index (χ4n) is 2.11. The van der Waals surface area contributed by atoms with E-state index in [1.54, 1.807) is 16.9 Å². The number of nitrogens with two attached hydrogens (primary N) is 1. The van der Waals surface area contributed by atoms with Crippen molar-refractivity contribution < 1.29 is 4.79 Å². The Balaban J connectivity index is 2.28. The van der Waals surface area contributed by atoms with Gasteiger partial charge < -0.3 is 10.7 Å². The van der Waals surface area contributed by atoms with Crippen LogP contribution in [0.2, 0.25) is 0 Å². The first kappa shape index (κ1) is 12.0. The van der Waals surface area contributed by atoms with Gasteiger partial charge in [-0.3, -0.25) is 9.48 Å². The maximum atomic E-state index is 11.4. The fourth-order valence-corrected chi connectivity index (χ4v) is 2.55. The molecule has 0 aliphatic rings. The van der Waals surface area contributed by atoms with Crippen LogP contribution < -0.4 is 5.73 Å². The highest BCUT2D eigenvalue weighted by atomic mass is 79.9. The average molecular weight is 319 g/mol. The number of carbonyl (C=O) groups is 1. The molecule has 1 amide bonds. The maximum Gasteiger partial charge on any atom is 0.250 e. The van der Waals surface area contributed by atoms with E-state index in [1.807, 2.05) is 25.4 Å². The highest BCUT2D eigenvalue weighted by Gasteiger charge is 2.13. The van der Waals surface area contributed by atoms with E-state index >= 15 is 0 Å². The van der Waals surface area contributed by atoms with Crippen LogP contribution in [0.3, 0.4) is 0 Å². The second-order valence-corrected chi connectivity index (χ2v) is 5.19. The van der Waals surface area contributed by atoms with Gasteiger partial charge in [-0.2, -0.15) is 5.10 Å². The number of hydrogen-bond donors (Lipinski definition) is 2. The standard InChI is InChI=1S/C13H11BrN4O/c1-18-6-7(5-16-18)11-4-9-10(14)3-2-8(13(15)19)12(9)17-11/h2-6,17H,1H3,(H2,15,19). The van der Waals surface area contributed by atoms with Gasteiger partial charge in [0.15, 0.2) is 0 Å². The third-order valence-electron chi connectivity index (χ3n) is 3.02. The van der Waals surface area contributed by atoms with Crippen LogP contribution in [-0.2, 0) is 7.05 Å². The number of nitrogens with one attached hydrogen (secondary N) is 1. The highest BCUT2D eigenvalue weighted by Crippen LogP contribution is 2.31. The number of fused-ring (bicyclic) bond motifs is 1. The van der Waals surface area contributed by atoms with Crippen molar-refractivity contribution in [3.63, 3.8) is 0 Å². The number of hydrogen-bond acceptors (Lipinski definition) is 2. The Bertz CT molecular complexity index is 787. The summed E-state index contributed by atoms with van der Waals surface area (Å²) in [5, 5.41) is 5.06. The van der Waals surface area contributed by atoms with Gasteiger partial charge in [0.05, 0.1) is 17.3 Å². The summed E-state index contributed by atoms with van der Waals surface area (Å²) >= 11 is 3.48. The Morgan fingerprint density at radius 3 is 2.89 bits per heavy atom. The molecule has 0 fully saturated rings. The molecular weight excluding hydrogens is 308 g/mol. The van der Waals surface area contributed by atoms with Crippen LogP contribution in [0.15, 0.2) is 35.1 Å². The van der Waals surface area contributed by atoms with Gasteiger partial charge in [0.25, 0.3) is 5.91 Å². The molecule has 0 bridgehead atoms. The molecule has 0 spiro atoms. The Morgan fingerprint density at radius 2 is 2.26 bits per heavy atom. The summed E-state index contributed by atoms with van der Waals surface area (Å²) in [7, 11) is 1.86. The van der Waals surface area contributed by atoms with E-state index in [9.17, 15) is 4.79 Å². The lowest BCUT2D eigenvalue weighted by molar-refractivity contribution is 0.100. The summed E-state index contributed by atoms with van der Waals surface area (Å²) in [6.45, 7) is 0. The summed E-state index contributed by atoms with van der Waals surface area (Å²) in [6, 6.07) is 5.50. The third kappa shape index (κ3) is 1.94. The van der Waals surface area contributed by atoms with Crippen LogP contribution in [0.4, 0.5) is 0 Å². The van der Waals surface area contributed by atoms with Crippen molar-refractivity contribution in [2.75, 3.05) is 0 Å². The molecule has 0 unspecified atom stereocenters. The molecule has 0 saturated carbocycles. The number of aromatic nitrogens is 3. The lowest BCUT2D eigenvalue weighted by Gasteiger charge is -1.99. The van der Waals surface area contributed by atoms with E-state index in [0.29, 0.717) is 5.56 Å². The molecule has 2 heterocycles. The first-order valence-electron chi connectivity index (χ1n) is 5.66. The predicted molar refractivity (Wildman–Crippen MR) is 76.7 cm³/mol. The van der Waals surface area contributed by atoms with Crippen molar-refractivity contribution in [3.8, 4) is 11.3 Å². The summed E-state index contributed by atoms with van der Waals surface area (Å²) in [4.78, 5) is 14.7. The van der Waals surface area contributed by atoms with E-state index < -0.39 is 5.91 Å². The van der Waals surface area contributed by atoms with Crippen molar-refractivity contribution >= 4 is 32.7 Å². The number of primary amides is 1. The molecule has 0 aliphatic carbocycles. The van der Waals surface area contributed by atoms with E-state index in [4.69, 9.17) is 5.73 Å². The van der Waals surface area contributed by atoms with Crippen molar-refractivity contribution in [2.24, 2.45) is 12.8 Å². The van der Waals surface area contributed by atoms with Crippen molar-refractivity contribution in [2.45, 2.75) is 0 Å². The quantitative estimate of drug-likeness (QED) is 0.761. The van der Waals surface area contributed by atoms with Gasteiger partial charge in [-0.15, -0.1) is 0 Å². The second-order valence-electron chi connectivity index (χ2n) is 4.33.